The Morgan fingerprint density at radius 1 is 0.833 bits per heavy atom. The molecule has 5 aliphatic carbocycles. The van der Waals surface area contributed by atoms with E-state index in [2.05, 4.69) is 47.6 Å². The summed E-state index contributed by atoms with van der Waals surface area (Å²) in [6.45, 7) is 19.2. The van der Waals surface area contributed by atoms with Gasteiger partial charge in [0.15, 0.2) is 12.1 Å². The molecule has 2 saturated heterocycles. The van der Waals surface area contributed by atoms with Gasteiger partial charge < -0.3 is 34.3 Å². The second-order valence-electron chi connectivity index (χ2n) is 18.7. The van der Waals surface area contributed by atoms with E-state index in [-0.39, 0.29) is 52.8 Å². The Morgan fingerprint density at radius 3 is 2.19 bits per heavy atom. The van der Waals surface area contributed by atoms with Gasteiger partial charge in [0, 0.05) is 0 Å². The molecule has 6 fully saturated rings. The van der Waals surface area contributed by atoms with Crippen LogP contribution < -0.4 is 0 Å². The molecule has 7 aliphatic rings. The number of hydrogen-bond acceptors (Lipinski definition) is 7. The van der Waals surface area contributed by atoms with Crippen molar-refractivity contribution < 1.29 is 43.9 Å². The molecule has 0 amide bonds. The molecule has 3 N–H and O–H groups in total. The van der Waals surface area contributed by atoms with Crippen LogP contribution in [0.3, 0.4) is 0 Å². The van der Waals surface area contributed by atoms with Crippen molar-refractivity contribution >= 4 is 11.9 Å². The van der Waals surface area contributed by atoms with Crippen molar-refractivity contribution in [3.63, 3.8) is 0 Å². The fourth-order valence-electron chi connectivity index (χ4n) is 13.5. The highest BCUT2D eigenvalue weighted by Gasteiger charge is 2.73. The van der Waals surface area contributed by atoms with E-state index in [9.17, 15) is 24.9 Å². The van der Waals surface area contributed by atoms with Crippen LogP contribution in [-0.2, 0) is 28.5 Å². The zero-order chi connectivity index (χ0) is 35.0. The lowest BCUT2D eigenvalue weighted by molar-refractivity contribution is -0.312. The number of aliphatic carboxylic acids is 2. The van der Waals surface area contributed by atoms with Crippen molar-refractivity contribution in [1.82, 2.24) is 0 Å². The minimum Gasteiger partial charge on any atom is -0.481 e. The first-order valence-corrected chi connectivity index (χ1v) is 18.8. The summed E-state index contributed by atoms with van der Waals surface area (Å²) in [7, 11) is 0. The first-order chi connectivity index (χ1) is 22.3. The molecule has 4 saturated carbocycles. The maximum absolute atomic E-state index is 13.9. The van der Waals surface area contributed by atoms with Crippen LogP contribution in [0.2, 0.25) is 0 Å². The minimum atomic E-state index is -1.07. The number of carboxylic acids is 2. The molecule has 9 nitrogen and oxygen atoms in total. The van der Waals surface area contributed by atoms with Gasteiger partial charge in [-0.2, -0.15) is 0 Å². The van der Waals surface area contributed by atoms with Crippen LogP contribution in [0.25, 0.3) is 0 Å². The Labute approximate surface area is 286 Å². The predicted molar refractivity (Wildman–Crippen MR) is 178 cm³/mol. The van der Waals surface area contributed by atoms with Crippen LogP contribution >= 0.6 is 0 Å². The molecule has 15 atom stereocenters. The molecule has 2 heterocycles. The molecule has 48 heavy (non-hydrogen) atoms. The number of allylic oxidation sites excluding steroid dienone is 1. The third-order valence-electron chi connectivity index (χ3n) is 16.1. The summed E-state index contributed by atoms with van der Waals surface area (Å²) in [5.41, 5.74) is -1.92. The van der Waals surface area contributed by atoms with Crippen LogP contribution in [0.1, 0.15) is 120 Å². The molecular weight excluding hydrogens is 612 g/mol. The van der Waals surface area contributed by atoms with Crippen LogP contribution in [0.4, 0.5) is 0 Å². The van der Waals surface area contributed by atoms with Crippen molar-refractivity contribution in [3.8, 4) is 0 Å². The number of rotatable bonds is 4. The Kier molecular flexibility index (Phi) is 7.99. The highest BCUT2D eigenvalue weighted by molar-refractivity contribution is 5.84. The summed E-state index contributed by atoms with van der Waals surface area (Å²) in [6, 6.07) is 0. The maximum atomic E-state index is 13.9. The number of carboxylic acid groups (broad SMARTS) is 2. The Morgan fingerprint density at radius 2 is 1.52 bits per heavy atom. The van der Waals surface area contributed by atoms with Crippen LogP contribution in [0.15, 0.2) is 11.6 Å². The Hall–Kier alpha value is -1.52. The summed E-state index contributed by atoms with van der Waals surface area (Å²) >= 11 is 0. The number of carbonyl (C=O) groups is 2. The van der Waals surface area contributed by atoms with Crippen LogP contribution in [0, 0.1) is 56.7 Å². The lowest BCUT2D eigenvalue weighted by Gasteiger charge is -2.70. The molecule has 2 aliphatic heterocycles. The van der Waals surface area contributed by atoms with E-state index >= 15 is 0 Å². The van der Waals surface area contributed by atoms with Crippen molar-refractivity contribution in [2.75, 3.05) is 0 Å². The van der Waals surface area contributed by atoms with Gasteiger partial charge in [-0.15, -0.1) is 0 Å². The smallest absolute Gasteiger partial charge is 0.314 e. The Bertz CT molecular complexity index is 1370. The summed E-state index contributed by atoms with van der Waals surface area (Å²) in [4.78, 5) is 26.9. The number of aliphatic hydroxyl groups excluding tert-OH is 1. The van der Waals surface area contributed by atoms with E-state index in [1.807, 2.05) is 20.8 Å². The second-order valence-corrected chi connectivity index (χ2v) is 18.7. The van der Waals surface area contributed by atoms with Crippen molar-refractivity contribution in [2.24, 2.45) is 56.7 Å². The molecule has 0 aromatic rings. The molecule has 0 bridgehead atoms. The first-order valence-electron chi connectivity index (χ1n) is 18.8. The van der Waals surface area contributed by atoms with Gasteiger partial charge in [0.2, 0.25) is 0 Å². The van der Waals surface area contributed by atoms with E-state index in [0.29, 0.717) is 25.2 Å². The highest BCUT2D eigenvalue weighted by Crippen LogP contribution is 2.76. The third-order valence-corrected chi connectivity index (χ3v) is 16.1. The molecule has 270 valence electrons. The standard InChI is InChI=1S/C39H60O9/c1-20-12-17-38(32(41)42)18-19-39(33(43)44)23(27(38)21(20)2)10-11-25-36(8)15-14-26(34(4,5)24(36)13-16-37(25,39)9)46-31-28(40)30-29(22(3)45-31)47-35(6,7)48-30/h10,20-22,24-31,40H,11-19H2,1-9H3,(H,41,42)(H,43,44)/t20-,21+,22-,24+,25-,26+,27+,28-,29+,30-,31+,36+,37-,38+,39-/m0/s1. The average molecular weight is 673 g/mol. The van der Waals surface area contributed by atoms with Crippen LogP contribution in [-0.4, -0.2) is 69.9 Å². The van der Waals surface area contributed by atoms with Gasteiger partial charge in [-0.3, -0.25) is 9.59 Å². The monoisotopic (exact) mass is 672 g/mol. The molecule has 0 spiro atoms. The van der Waals surface area contributed by atoms with E-state index in [0.717, 1.165) is 44.1 Å². The van der Waals surface area contributed by atoms with Gasteiger partial charge in [-0.25, -0.2) is 0 Å². The zero-order valence-electron chi connectivity index (χ0n) is 30.6. The highest BCUT2D eigenvalue weighted by atomic mass is 16.8. The predicted octanol–water partition coefficient (Wildman–Crippen LogP) is 6.80. The fraction of sp³-hybridized carbons (Fsp3) is 0.897. The lowest BCUT2D eigenvalue weighted by Crippen LogP contribution is -2.68. The molecule has 0 aromatic carbocycles. The fourth-order valence-corrected chi connectivity index (χ4v) is 13.5. The average Bonchev–Trinajstić information content (AvgIpc) is 3.34. The van der Waals surface area contributed by atoms with Gasteiger partial charge in [-0.1, -0.05) is 53.2 Å². The summed E-state index contributed by atoms with van der Waals surface area (Å²) < 4.78 is 25.1. The van der Waals surface area contributed by atoms with Crippen molar-refractivity contribution in [1.29, 1.82) is 0 Å². The van der Waals surface area contributed by atoms with E-state index in [4.69, 9.17) is 18.9 Å². The summed E-state index contributed by atoms with van der Waals surface area (Å²) in [5, 5.41) is 33.5. The first kappa shape index (κ1) is 34.9. The largest absolute Gasteiger partial charge is 0.481 e. The van der Waals surface area contributed by atoms with Gasteiger partial charge in [0.05, 0.1) is 23.0 Å². The van der Waals surface area contributed by atoms with E-state index in [1.165, 1.54) is 0 Å². The quantitative estimate of drug-likeness (QED) is 0.218. The van der Waals surface area contributed by atoms with Gasteiger partial charge in [0.1, 0.15) is 18.3 Å². The van der Waals surface area contributed by atoms with E-state index < -0.39 is 52.5 Å². The summed E-state index contributed by atoms with van der Waals surface area (Å²) in [6.07, 6.45) is 5.50. The van der Waals surface area contributed by atoms with Gasteiger partial charge >= 0.3 is 11.9 Å². The molecule has 7 rings (SSSR count). The molecular formula is C39H60O9. The molecule has 0 radical (unpaired) electrons. The minimum absolute atomic E-state index is 0.112. The number of ether oxygens (including phenoxy) is 4. The molecule has 9 heteroatoms. The van der Waals surface area contributed by atoms with Gasteiger partial charge in [0.25, 0.3) is 0 Å². The maximum Gasteiger partial charge on any atom is 0.314 e. The zero-order valence-corrected chi connectivity index (χ0v) is 30.6. The second kappa shape index (κ2) is 11.0. The number of fused-ring (bicyclic) bond motifs is 8. The lowest BCUT2D eigenvalue weighted by atomic mass is 9.33. The topological polar surface area (TPSA) is 132 Å². The Balaban J connectivity index is 1.20. The molecule has 0 unspecified atom stereocenters. The van der Waals surface area contributed by atoms with Gasteiger partial charge in [-0.05, 0) is 124 Å². The van der Waals surface area contributed by atoms with Crippen molar-refractivity contribution in [3.05, 3.63) is 11.6 Å². The third kappa shape index (κ3) is 4.45. The SMILES string of the molecule is C[C@@H]1[C@@H](C)CC[C@@]2(C(=O)O)CC[C@@]3(C(=O)O)C(=CC[C@H]4[C@]5(C)CC[C@@H](O[C@H]6O[C@@H](C)[C@H]7OC(C)(C)O[C@H]7[C@@H]6O)C(C)(C)[C@H]5CC[C@@]43C)[C@@H]12. The van der Waals surface area contributed by atoms with Crippen LogP contribution in [0.5, 0.6) is 0 Å². The summed E-state index contributed by atoms with van der Waals surface area (Å²) in [5.74, 6) is -1.69. The normalized spacial score (nSPS) is 53.6. The molecule has 0 aromatic heterocycles. The number of hydrogen-bond donors (Lipinski definition) is 3. The number of aliphatic hydroxyl groups is 1. The van der Waals surface area contributed by atoms with Crippen molar-refractivity contribution in [2.45, 2.75) is 163 Å². The van der Waals surface area contributed by atoms with E-state index in [1.54, 1.807) is 0 Å².